The molecule has 1 heterocycles. The molecule has 0 aromatic heterocycles. The first-order valence-electron chi connectivity index (χ1n) is 10.9. The number of aliphatic imine (C=N–C) groups is 1. The summed E-state index contributed by atoms with van der Waals surface area (Å²) in [7, 11) is 0. The van der Waals surface area contributed by atoms with Crippen LogP contribution in [-0.4, -0.2) is 68.6 Å². The largest absolute Gasteiger partial charge is 0.381 e. The van der Waals surface area contributed by atoms with Gasteiger partial charge in [0.2, 0.25) is 5.91 Å². The summed E-state index contributed by atoms with van der Waals surface area (Å²) in [6, 6.07) is 7.43. The standard InChI is InChI=1S/C22H33N5O3/c1-2-23-22(25-10-3-13-30-16-18-4-5-18)26-14-17-6-8-19(9-7-17)21(29)27-12-11-24-20(28)15-27/h6-9,18H,2-5,10-16H2,1H3,(H,24,28)(H2,23,25,26). The first-order valence-corrected chi connectivity index (χ1v) is 10.9. The quantitative estimate of drug-likeness (QED) is 0.303. The molecule has 1 aliphatic heterocycles. The fraction of sp³-hybridized carbons (Fsp3) is 0.591. The van der Waals surface area contributed by atoms with Gasteiger partial charge < -0.3 is 25.6 Å². The Kier molecular flexibility index (Phi) is 8.50. The van der Waals surface area contributed by atoms with Crippen molar-refractivity contribution in [1.82, 2.24) is 20.9 Å². The number of hydrogen-bond donors (Lipinski definition) is 3. The lowest BCUT2D eigenvalue weighted by molar-refractivity contribution is -0.123. The third kappa shape index (κ3) is 7.33. The lowest BCUT2D eigenvalue weighted by atomic mass is 10.1. The average Bonchev–Trinajstić information content (AvgIpc) is 3.58. The van der Waals surface area contributed by atoms with Crippen LogP contribution in [0, 0.1) is 5.92 Å². The van der Waals surface area contributed by atoms with Crippen LogP contribution in [0.2, 0.25) is 0 Å². The normalized spacial score (nSPS) is 16.9. The molecule has 1 aromatic carbocycles. The monoisotopic (exact) mass is 415 g/mol. The number of ether oxygens (including phenoxy) is 1. The number of carbonyl (C=O) groups excluding carboxylic acids is 2. The first kappa shape index (κ1) is 22.1. The highest BCUT2D eigenvalue weighted by Gasteiger charge is 2.22. The Hall–Kier alpha value is -2.61. The van der Waals surface area contributed by atoms with Crippen molar-refractivity contribution >= 4 is 17.8 Å². The van der Waals surface area contributed by atoms with Crippen molar-refractivity contribution in [3.8, 4) is 0 Å². The van der Waals surface area contributed by atoms with Crippen LogP contribution >= 0.6 is 0 Å². The Morgan fingerprint density at radius 1 is 1.27 bits per heavy atom. The van der Waals surface area contributed by atoms with Crippen molar-refractivity contribution in [1.29, 1.82) is 0 Å². The SMILES string of the molecule is CCNC(=NCc1ccc(C(=O)N2CCNC(=O)C2)cc1)NCCCOCC1CC1. The highest BCUT2D eigenvalue weighted by molar-refractivity contribution is 5.97. The molecule has 0 atom stereocenters. The zero-order chi connectivity index (χ0) is 21.2. The Labute approximate surface area is 178 Å². The van der Waals surface area contributed by atoms with Crippen LogP contribution in [0.1, 0.15) is 42.1 Å². The predicted molar refractivity (Wildman–Crippen MR) is 116 cm³/mol. The van der Waals surface area contributed by atoms with E-state index in [9.17, 15) is 9.59 Å². The smallest absolute Gasteiger partial charge is 0.254 e. The summed E-state index contributed by atoms with van der Waals surface area (Å²) in [5, 5.41) is 9.31. The summed E-state index contributed by atoms with van der Waals surface area (Å²) < 4.78 is 5.66. The second-order valence-corrected chi connectivity index (χ2v) is 7.77. The minimum absolute atomic E-state index is 0.112. The van der Waals surface area contributed by atoms with Crippen LogP contribution in [-0.2, 0) is 16.1 Å². The fourth-order valence-corrected chi connectivity index (χ4v) is 3.17. The molecule has 164 valence electrons. The summed E-state index contributed by atoms with van der Waals surface area (Å²) >= 11 is 0. The summed E-state index contributed by atoms with van der Waals surface area (Å²) in [6.45, 7) is 7.01. The van der Waals surface area contributed by atoms with Gasteiger partial charge in [0, 0.05) is 45.0 Å². The van der Waals surface area contributed by atoms with Gasteiger partial charge in [-0.25, -0.2) is 4.99 Å². The van der Waals surface area contributed by atoms with Crippen molar-refractivity contribution in [2.75, 3.05) is 45.9 Å². The van der Waals surface area contributed by atoms with Crippen molar-refractivity contribution in [2.45, 2.75) is 32.7 Å². The molecule has 0 radical (unpaired) electrons. The van der Waals surface area contributed by atoms with Gasteiger partial charge >= 0.3 is 0 Å². The lowest BCUT2D eigenvalue weighted by Crippen LogP contribution is -2.49. The van der Waals surface area contributed by atoms with E-state index >= 15 is 0 Å². The summed E-state index contributed by atoms with van der Waals surface area (Å²) in [4.78, 5) is 30.2. The summed E-state index contributed by atoms with van der Waals surface area (Å²) in [5.41, 5.74) is 1.61. The molecule has 1 aliphatic carbocycles. The average molecular weight is 416 g/mol. The van der Waals surface area contributed by atoms with E-state index in [0.717, 1.165) is 50.2 Å². The van der Waals surface area contributed by atoms with Gasteiger partial charge in [-0.2, -0.15) is 0 Å². The van der Waals surface area contributed by atoms with E-state index in [0.29, 0.717) is 25.2 Å². The number of rotatable bonds is 10. The maximum Gasteiger partial charge on any atom is 0.254 e. The van der Waals surface area contributed by atoms with Gasteiger partial charge in [-0.1, -0.05) is 12.1 Å². The topological polar surface area (TPSA) is 95.1 Å². The van der Waals surface area contributed by atoms with Crippen LogP contribution in [0.3, 0.4) is 0 Å². The van der Waals surface area contributed by atoms with Gasteiger partial charge in [0.1, 0.15) is 0 Å². The van der Waals surface area contributed by atoms with E-state index in [1.165, 1.54) is 12.8 Å². The molecular weight excluding hydrogens is 382 g/mol. The van der Waals surface area contributed by atoms with E-state index in [-0.39, 0.29) is 18.4 Å². The zero-order valence-corrected chi connectivity index (χ0v) is 17.8. The molecule has 1 aromatic rings. The van der Waals surface area contributed by atoms with Crippen molar-refractivity contribution in [3.63, 3.8) is 0 Å². The van der Waals surface area contributed by atoms with Gasteiger partial charge in [-0.15, -0.1) is 0 Å². The maximum atomic E-state index is 12.5. The van der Waals surface area contributed by atoms with Crippen molar-refractivity contribution < 1.29 is 14.3 Å². The molecule has 8 heteroatoms. The van der Waals surface area contributed by atoms with Gasteiger partial charge in [0.25, 0.3) is 5.91 Å². The number of guanidine groups is 1. The molecule has 2 aliphatic rings. The van der Waals surface area contributed by atoms with E-state index in [1.54, 1.807) is 17.0 Å². The number of benzene rings is 1. The van der Waals surface area contributed by atoms with E-state index in [1.807, 2.05) is 19.1 Å². The van der Waals surface area contributed by atoms with Crippen molar-refractivity contribution in [2.24, 2.45) is 10.9 Å². The highest BCUT2D eigenvalue weighted by atomic mass is 16.5. The van der Waals surface area contributed by atoms with Gasteiger partial charge in [-0.3, -0.25) is 9.59 Å². The van der Waals surface area contributed by atoms with Crippen LogP contribution in [0.25, 0.3) is 0 Å². The predicted octanol–water partition coefficient (Wildman–Crippen LogP) is 1.13. The molecule has 2 fully saturated rings. The lowest BCUT2D eigenvalue weighted by Gasteiger charge is -2.26. The molecule has 3 N–H and O–H groups in total. The summed E-state index contributed by atoms with van der Waals surface area (Å²) in [6.07, 6.45) is 3.59. The van der Waals surface area contributed by atoms with Gasteiger partial charge in [0.05, 0.1) is 13.1 Å². The molecule has 8 nitrogen and oxygen atoms in total. The molecule has 0 spiro atoms. The molecule has 30 heavy (non-hydrogen) atoms. The molecule has 0 bridgehead atoms. The molecule has 1 saturated heterocycles. The Morgan fingerprint density at radius 3 is 2.77 bits per heavy atom. The van der Waals surface area contributed by atoms with Crippen LogP contribution in [0.4, 0.5) is 0 Å². The van der Waals surface area contributed by atoms with Gasteiger partial charge in [0.15, 0.2) is 5.96 Å². The van der Waals surface area contributed by atoms with Crippen LogP contribution < -0.4 is 16.0 Å². The Bertz CT molecular complexity index is 731. The second-order valence-electron chi connectivity index (χ2n) is 7.77. The molecule has 2 amide bonds. The molecule has 1 saturated carbocycles. The summed E-state index contributed by atoms with van der Waals surface area (Å²) in [5.74, 6) is 1.36. The number of nitrogens with zero attached hydrogens (tertiary/aromatic N) is 2. The number of nitrogens with one attached hydrogen (secondary N) is 3. The third-order valence-corrected chi connectivity index (χ3v) is 5.10. The molecule has 0 unspecified atom stereocenters. The van der Waals surface area contributed by atoms with E-state index in [2.05, 4.69) is 20.9 Å². The minimum Gasteiger partial charge on any atom is -0.381 e. The zero-order valence-electron chi connectivity index (χ0n) is 17.8. The number of piperazine rings is 1. The first-order chi connectivity index (χ1) is 14.7. The third-order valence-electron chi connectivity index (χ3n) is 5.10. The van der Waals surface area contributed by atoms with Crippen LogP contribution in [0.5, 0.6) is 0 Å². The minimum atomic E-state index is -0.113. The Morgan fingerprint density at radius 2 is 2.07 bits per heavy atom. The van der Waals surface area contributed by atoms with E-state index < -0.39 is 0 Å². The van der Waals surface area contributed by atoms with E-state index in [4.69, 9.17) is 4.74 Å². The highest BCUT2D eigenvalue weighted by Crippen LogP contribution is 2.28. The molecule has 3 rings (SSSR count). The number of amides is 2. The van der Waals surface area contributed by atoms with Gasteiger partial charge in [-0.05, 0) is 49.8 Å². The molecular formula is C22H33N5O3. The number of hydrogen-bond acceptors (Lipinski definition) is 4. The fourth-order valence-electron chi connectivity index (χ4n) is 3.17. The number of carbonyl (C=O) groups is 2. The maximum absolute atomic E-state index is 12.5. The second kappa shape index (κ2) is 11.5. The van der Waals surface area contributed by atoms with Crippen molar-refractivity contribution in [3.05, 3.63) is 35.4 Å². The van der Waals surface area contributed by atoms with Crippen LogP contribution in [0.15, 0.2) is 29.3 Å². The Balaban J connectivity index is 1.43.